The number of rotatable bonds is 6. The van der Waals surface area contributed by atoms with Gasteiger partial charge < -0.3 is 19.9 Å². The van der Waals surface area contributed by atoms with Crippen molar-refractivity contribution in [2.24, 2.45) is 10.9 Å². The van der Waals surface area contributed by atoms with Crippen LogP contribution in [-0.2, 0) is 24.1 Å². The van der Waals surface area contributed by atoms with E-state index in [0.29, 0.717) is 43.8 Å². The molecule has 0 saturated carbocycles. The van der Waals surface area contributed by atoms with Gasteiger partial charge in [0.25, 0.3) is 5.91 Å². The van der Waals surface area contributed by atoms with E-state index >= 15 is 0 Å². The number of likely N-dealkylation sites (N-methyl/N-ethyl adjacent to an activating group) is 1. The molecule has 6 rings (SSSR count). The lowest BCUT2D eigenvalue weighted by atomic mass is 9.89. The van der Waals surface area contributed by atoms with Gasteiger partial charge in [0.15, 0.2) is 0 Å². The lowest BCUT2D eigenvalue weighted by Crippen LogP contribution is -2.44. The first-order valence-electron chi connectivity index (χ1n) is 20.9. The highest BCUT2D eigenvalue weighted by atomic mass is 19.1. The second-order valence-corrected chi connectivity index (χ2v) is 9.71. The van der Waals surface area contributed by atoms with Crippen LogP contribution < -0.4 is 10.2 Å². The van der Waals surface area contributed by atoms with Gasteiger partial charge >= 0.3 is 0 Å². The molecule has 0 radical (unpaired) electrons. The number of carbonyl (C=O) groups excluding carboxylic acids is 1. The second kappa shape index (κ2) is 12.1. The molecule has 0 unspecified atom stereocenters. The number of carbonyl (C=O) groups is 1. The third-order valence-corrected chi connectivity index (χ3v) is 6.89. The van der Waals surface area contributed by atoms with Crippen molar-refractivity contribution >= 4 is 17.4 Å². The molecule has 3 aromatic carbocycles. The number of aliphatic imine (C=N–C) groups is 1. The number of halogens is 2. The van der Waals surface area contributed by atoms with Crippen LogP contribution in [0.5, 0.6) is 0 Å². The van der Waals surface area contributed by atoms with Crippen LogP contribution in [0, 0.1) is 17.6 Å². The topological polar surface area (TPSA) is 57.2 Å². The Morgan fingerprint density at radius 2 is 1.90 bits per heavy atom. The summed E-state index contributed by atoms with van der Waals surface area (Å²) in [6, 6.07) is 3.83. The Bertz CT molecular complexity index is 2110. The number of nitrogens with one attached hydrogen (secondary N) is 1. The lowest BCUT2D eigenvalue weighted by Gasteiger charge is -2.34. The van der Waals surface area contributed by atoms with E-state index in [-0.39, 0.29) is 51.9 Å². The highest BCUT2D eigenvalue weighted by Crippen LogP contribution is 2.28. The van der Waals surface area contributed by atoms with Crippen molar-refractivity contribution in [3.05, 3.63) is 99.5 Å². The maximum Gasteiger partial charge on any atom is 0.257 e. The molecule has 1 amide bonds. The van der Waals surface area contributed by atoms with E-state index in [4.69, 9.17) is 25.3 Å². The summed E-state index contributed by atoms with van der Waals surface area (Å²) in [6.45, 7) is -18.0. The van der Waals surface area contributed by atoms with Crippen molar-refractivity contribution in [2.75, 3.05) is 51.1 Å². The van der Waals surface area contributed by atoms with E-state index in [0.717, 1.165) is 6.07 Å². The van der Waals surface area contributed by atoms with Crippen LogP contribution in [-0.4, -0.2) is 62.8 Å². The Morgan fingerprint density at radius 1 is 1.12 bits per heavy atom. The van der Waals surface area contributed by atoms with E-state index in [2.05, 4.69) is 10.3 Å². The molecule has 0 spiro atoms. The van der Waals surface area contributed by atoms with Crippen LogP contribution >= 0.6 is 0 Å². The van der Waals surface area contributed by atoms with Crippen molar-refractivity contribution < 1.29 is 40.2 Å². The standard InChI is InChI=1S/C33H36F2N4O2/c1-38-8-10-39(11-9-38)29-4-5-30(26(19-29)15-22-6-12-41-13-7-22)33(40)37-32-31-18-23(2-3-25(31)21-36-32)14-24-16-27(34)20-28(35)17-24/h2-5,16-20,22H,6-15,21H2,1H3,(H,36,37,40)/i1D3,4D,8D2,9D2,10D2,11D2,14D2,19D,20D. The van der Waals surface area contributed by atoms with Crippen LogP contribution in [0.2, 0.25) is 0 Å². The van der Waals surface area contributed by atoms with Gasteiger partial charge in [-0.15, -0.1) is 0 Å². The number of anilines is 1. The molecular formula is C33H36F2N4O2. The van der Waals surface area contributed by atoms with Crippen LogP contribution in [0.3, 0.4) is 0 Å². The molecule has 2 saturated heterocycles. The smallest absolute Gasteiger partial charge is 0.257 e. The van der Waals surface area contributed by atoms with E-state index in [1.165, 1.54) is 18.2 Å². The van der Waals surface area contributed by atoms with Gasteiger partial charge in [-0.3, -0.25) is 9.79 Å². The number of hydrogen-bond donors (Lipinski definition) is 1. The summed E-state index contributed by atoms with van der Waals surface area (Å²) in [4.78, 5) is 18.0. The van der Waals surface area contributed by atoms with Gasteiger partial charge in [0.1, 0.15) is 17.5 Å². The molecule has 0 atom stereocenters. The molecule has 3 aliphatic rings. The monoisotopic (exact) mass is 574 g/mol. The normalized spacial score (nSPS) is 29.1. The Kier molecular flexibility index (Phi) is 4.28. The van der Waals surface area contributed by atoms with Gasteiger partial charge in [-0.1, -0.05) is 12.1 Å². The number of hydrogen-bond acceptors (Lipinski definition) is 5. The average Bonchev–Trinajstić information content (AvgIpc) is 3.50. The lowest BCUT2D eigenvalue weighted by molar-refractivity contribution is 0.0664. The minimum atomic E-state index is -3.78. The van der Waals surface area contributed by atoms with Crippen LogP contribution in [0.15, 0.2) is 59.5 Å². The fourth-order valence-corrected chi connectivity index (χ4v) is 4.85. The Labute approximate surface area is 262 Å². The van der Waals surface area contributed by atoms with Crippen molar-refractivity contribution in [3.8, 4) is 0 Å². The number of piperazine rings is 1. The molecule has 8 heteroatoms. The number of benzene rings is 3. The van der Waals surface area contributed by atoms with Gasteiger partial charge in [-0.25, -0.2) is 8.78 Å². The molecule has 0 aromatic heterocycles. The zero-order valence-corrected chi connectivity index (χ0v) is 21.7. The first kappa shape index (κ1) is 14.5. The third-order valence-electron chi connectivity index (χ3n) is 6.89. The second-order valence-electron chi connectivity index (χ2n) is 9.71. The zero-order valence-electron chi connectivity index (χ0n) is 37.7. The van der Waals surface area contributed by atoms with Gasteiger partial charge in [0.2, 0.25) is 0 Å². The summed E-state index contributed by atoms with van der Waals surface area (Å²) < 4.78 is 169. The SMILES string of the molecule is [2H]c1cc(C(=O)NC2=NCc3ccc(C([2H])([2H])c4cc(F)c([2H])c(F)c4)cc32)c(CC2CCOCC2)c([2H])c1N1C([2H])([2H])C([2H])([2H])N(C([2H])([2H])[2H])C([2H])([2H])C1([2H])[2H]. The largest absolute Gasteiger partial charge is 0.381 e. The molecule has 6 nitrogen and oxygen atoms in total. The average molecular weight is 575 g/mol. The zero-order chi connectivity index (χ0) is 42.4. The minimum absolute atomic E-state index is 0.0304. The maximum absolute atomic E-state index is 14.3. The van der Waals surface area contributed by atoms with Crippen LogP contribution in [0.1, 0.15) is 72.9 Å². The maximum atomic E-state index is 14.3. The summed E-state index contributed by atoms with van der Waals surface area (Å²) in [5.41, 5.74) is -1.08. The molecule has 214 valence electrons. The number of fused-ring (bicyclic) bond motifs is 1. The molecule has 3 aromatic rings. The van der Waals surface area contributed by atoms with Gasteiger partial charge in [-0.2, -0.15) is 0 Å². The van der Waals surface area contributed by atoms with Crippen molar-refractivity contribution in [2.45, 2.75) is 32.2 Å². The van der Waals surface area contributed by atoms with Crippen LogP contribution in [0.25, 0.3) is 0 Å². The van der Waals surface area contributed by atoms with Crippen LogP contribution in [0.4, 0.5) is 14.5 Å². The Morgan fingerprint density at radius 3 is 2.66 bits per heavy atom. The van der Waals surface area contributed by atoms with E-state index in [9.17, 15) is 14.9 Å². The minimum Gasteiger partial charge on any atom is -0.381 e. The predicted molar refractivity (Wildman–Crippen MR) is 157 cm³/mol. The molecule has 3 aliphatic heterocycles. The summed E-state index contributed by atoms with van der Waals surface area (Å²) in [6.07, 6.45) is -1.65. The van der Waals surface area contributed by atoms with Gasteiger partial charge in [0, 0.05) is 74.4 Å². The Hall–Kier alpha value is -3.62. The van der Waals surface area contributed by atoms with E-state index in [1.807, 2.05) is 0 Å². The quantitative estimate of drug-likeness (QED) is 0.452. The fraction of sp³-hybridized carbons (Fsp3) is 0.394. The first-order chi connectivity index (χ1) is 26.2. The highest BCUT2D eigenvalue weighted by Gasteiger charge is 2.24. The molecule has 1 N–H and O–H groups in total. The highest BCUT2D eigenvalue weighted by molar-refractivity contribution is 6.14. The van der Waals surface area contributed by atoms with Crippen molar-refractivity contribution in [3.63, 3.8) is 0 Å². The number of nitrogens with zero attached hydrogens (tertiary/aromatic N) is 3. The molecule has 0 bridgehead atoms. The molecule has 0 aliphatic carbocycles. The molecule has 3 heterocycles. The van der Waals surface area contributed by atoms with Gasteiger partial charge in [-0.05, 0) is 97.1 Å². The predicted octanol–water partition coefficient (Wildman–Crippen LogP) is 4.97. The Balaban J connectivity index is 1.43. The number of amidine groups is 1. The summed E-state index contributed by atoms with van der Waals surface area (Å²) in [5, 5.41) is 2.61. The number of ether oxygens (including phenoxy) is 1. The summed E-state index contributed by atoms with van der Waals surface area (Å²) >= 11 is 0. The van der Waals surface area contributed by atoms with Crippen molar-refractivity contribution in [1.29, 1.82) is 0 Å². The van der Waals surface area contributed by atoms with E-state index in [1.54, 1.807) is 0 Å². The summed E-state index contributed by atoms with van der Waals surface area (Å²) in [5.74, 6) is -3.79. The molecule has 2 fully saturated rings. The third kappa shape index (κ3) is 6.49. The number of amides is 1. The van der Waals surface area contributed by atoms with E-state index < -0.39 is 91.2 Å². The first-order valence-corrected chi connectivity index (χ1v) is 12.9. The molecular weight excluding hydrogens is 522 g/mol. The summed E-state index contributed by atoms with van der Waals surface area (Å²) in [7, 11) is 0. The molecule has 41 heavy (non-hydrogen) atoms. The fourth-order valence-electron chi connectivity index (χ4n) is 4.85. The van der Waals surface area contributed by atoms with Gasteiger partial charge in [0.05, 0.1) is 16.1 Å². The van der Waals surface area contributed by atoms with Crippen molar-refractivity contribution in [1.82, 2.24) is 10.2 Å².